The molecule has 0 saturated carbocycles. The van der Waals surface area contributed by atoms with Crippen LogP contribution in [-0.2, 0) is 0 Å². The fourth-order valence-corrected chi connectivity index (χ4v) is 2.25. The van der Waals surface area contributed by atoms with Crippen LogP contribution in [0.25, 0.3) is 0 Å². The van der Waals surface area contributed by atoms with Crippen LogP contribution >= 0.6 is 27.5 Å². The van der Waals surface area contributed by atoms with Crippen molar-refractivity contribution in [1.29, 1.82) is 0 Å². The number of aliphatic hydroxyl groups is 1. The largest absolute Gasteiger partial charge is 0.387 e. The second-order valence-electron chi connectivity index (χ2n) is 4.08. The number of benzene rings is 2. The highest BCUT2D eigenvalue weighted by atomic mass is 79.9. The molecule has 19 heavy (non-hydrogen) atoms. The summed E-state index contributed by atoms with van der Waals surface area (Å²) in [5.74, 6) is -0.459. The lowest BCUT2D eigenvalue weighted by Crippen LogP contribution is -2.12. The Morgan fingerprint density at radius 2 is 2.05 bits per heavy atom. The van der Waals surface area contributed by atoms with Crippen molar-refractivity contribution in [2.45, 2.75) is 6.10 Å². The summed E-state index contributed by atoms with van der Waals surface area (Å²) in [5, 5.41) is 13.1. The molecule has 2 aromatic rings. The van der Waals surface area contributed by atoms with Crippen molar-refractivity contribution in [2.24, 2.45) is 0 Å². The predicted octanol–water partition coefficient (Wildman–Crippen LogP) is 4.39. The van der Waals surface area contributed by atoms with E-state index in [1.54, 1.807) is 6.07 Å². The van der Waals surface area contributed by atoms with E-state index in [2.05, 4.69) is 21.2 Å². The van der Waals surface area contributed by atoms with E-state index in [0.717, 1.165) is 10.0 Å². The maximum Gasteiger partial charge on any atom is 0.141 e. The minimum absolute atomic E-state index is 0.0574. The van der Waals surface area contributed by atoms with Crippen molar-refractivity contribution in [2.75, 3.05) is 11.9 Å². The van der Waals surface area contributed by atoms with Crippen LogP contribution in [0.2, 0.25) is 5.02 Å². The number of hydrogen-bond donors (Lipinski definition) is 2. The molecular weight excluding hydrogens is 333 g/mol. The van der Waals surface area contributed by atoms with Gasteiger partial charge in [0.15, 0.2) is 0 Å². The summed E-state index contributed by atoms with van der Waals surface area (Å²) in [7, 11) is 0. The molecule has 2 rings (SSSR count). The smallest absolute Gasteiger partial charge is 0.141 e. The maximum absolute atomic E-state index is 13.0. The Bertz CT molecular complexity index is 579. The first kappa shape index (κ1) is 14.3. The van der Waals surface area contributed by atoms with Gasteiger partial charge in [0.2, 0.25) is 0 Å². The Morgan fingerprint density at radius 1 is 1.26 bits per heavy atom. The lowest BCUT2D eigenvalue weighted by Gasteiger charge is -2.13. The van der Waals surface area contributed by atoms with Crippen LogP contribution in [0.1, 0.15) is 11.7 Å². The van der Waals surface area contributed by atoms with Crippen molar-refractivity contribution in [1.82, 2.24) is 0 Å². The van der Waals surface area contributed by atoms with E-state index in [1.807, 2.05) is 24.3 Å². The molecule has 0 bridgehead atoms. The van der Waals surface area contributed by atoms with Crippen molar-refractivity contribution < 1.29 is 9.50 Å². The minimum atomic E-state index is -0.652. The zero-order valence-electron chi connectivity index (χ0n) is 9.91. The fourth-order valence-electron chi connectivity index (χ4n) is 1.65. The summed E-state index contributed by atoms with van der Waals surface area (Å²) in [5.41, 5.74) is 1.47. The Kier molecular flexibility index (Phi) is 4.80. The van der Waals surface area contributed by atoms with E-state index in [-0.39, 0.29) is 5.02 Å². The first-order chi connectivity index (χ1) is 9.06. The number of rotatable bonds is 4. The molecule has 0 amide bonds. The molecule has 2 N–H and O–H groups in total. The number of anilines is 1. The van der Waals surface area contributed by atoms with E-state index >= 15 is 0 Å². The van der Waals surface area contributed by atoms with Crippen LogP contribution in [-0.4, -0.2) is 11.7 Å². The van der Waals surface area contributed by atoms with E-state index in [1.165, 1.54) is 12.1 Å². The summed E-state index contributed by atoms with van der Waals surface area (Å²) in [6.45, 7) is 0.318. The van der Waals surface area contributed by atoms with Gasteiger partial charge >= 0.3 is 0 Å². The second kappa shape index (κ2) is 6.37. The summed E-state index contributed by atoms with van der Waals surface area (Å²) < 4.78 is 13.9. The molecule has 1 atom stereocenters. The number of nitrogens with one attached hydrogen (secondary N) is 1. The first-order valence-electron chi connectivity index (χ1n) is 5.69. The van der Waals surface area contributed by atoms with Gasteiger partial charge in [0, 0.05) is 16.7 Å². The van der Waals surface area contributed by atoms with Crippen molar-refractivity contribution in [3.63, 3.8) is 0 Å². The van der Waals surface area contributed by atoms with Gasteiger partial charge in [-0.3, -0.25) is 0 Å². The van der Waals surface area contributed by atoms with Gasteiger partial charge in [0.1, 0.15) is 5.82 Å². The maximum atomic E-state index is 13.0. The Morgan fingerprint density at radius 3 is 2.74 bits per heavy atom. The normalized spacial score (nSPS) is 12.2. The quantitative estimate of drug-likeness (QED) is 0.862. The molecule has 2 aromatic carbocycles. The second-order valence-corrected chi connectivity index (χ2v) is 5.40. The zero-order chi connectivity index (χ0) is 13.8. The summed E-state index contributed by atoms with van der Waals surface area (Å²) in [6.07, 6.45) is -0.652. The number of halogens is 3. The van der Waals surface area contributed by atoms with E-state index < -0.39 is 11.9 Å². The van der Waals surface area contributed by atoms with E-state index in [9.17, 15) is 9.50 Å². The van der Waals surface area contributed by atoms with Crippen molar-refractivity contribution in [3.05, 3.63) is 63.3 Å². The third-order valence-corrected chi connectivity index (χ3v) is 3.44. The van der Waals surface area contributed by atoms with Gasteiger partial charge in [-0.2, -0.15) is 0 Å². The van der Waals surface area contributed by atoms with Crippen LogP contribution in [0.15, 0.2) is 46.9 Å². The van der Waals surface area contributed by atoms with Gasteiger partial charge in [0.25, 0.3) is 0 Å². The molecule has 0 aliphatic rings. The van der Waals surface area contributed by atoms with E-state index in [4.69, 9.17) is 11.6 Å². The number of aliphatic hydroxyl groups excluding tert-OH is 1. The van der Waals surface area contributed by atoms with Gasteiger partial charge in [-0.25, -0.2) is 4.39 Å². The highest BCUT2D eigenvalue weighted by Crippen LogP contribution is 2.21. The highest BCUT2D eigenvalue weighted by molar-refractivity contribution is 9.10. The average Bonchev–Trinajstić information content (AvgIpc) is 2.40. The van der Waals surface area contributed by atoms with Crippen LogP contribution in [0, 0.1) is 5.82 Å². The van der Waals surface area contributed by atoms with Crippen molar-refractivity contribution >= 4 is 33.2 Å². The fraction of sp³-hybridized carbons (Fsp3) is 0.143. The SMILES string of the molecule is OC(CNc1ccc(F)c(Cl)c1)c1cccc(Br)c1. The van der Waals surface area contributed by atoms with Crippen molar-refractivity contribution in [3.8, 4) is 0 Å². The molecule has 1 unspecified atom stereocenters. The van der Waals surface area contributed by atoms with Gasteiger partial charge in [0.05, 0.1) is 11.1 Å². The zero-order valence-corrected chi connectivity index (χ0v) is 12.2. The molecule has 0 radical (unpaired) electrons. The minimum Gasteiger partial charge on any atom is -0.387 e. The number of hydrogen-bond acceptors (Lipinski definition) is 2. The topological polar surface area (TPSA) is 32.3 Å². The molecule has 100 valence electrons. The molecule has 2 nitrogen and oxygen atoms in total. The molecule has 0 aromatic heterocycles. The molecule has 5 heteroatoms. The lowest BCUT2D eigenvalue weighted by atomic mass is 10.1. The van der Waals surface area contributed by atoms with Gasteiger partial charge in [-0.1, -0.05) is 39.7 Å². The first-order valence-corrected chi connectivity index (χ1v) is 6.86. The van der Waals surface area contributed by atoms with Gasteiger partial charge < -0.3 is 10.4 Å². The highest BCUT2D eigenvalue weighted by Gasteiger charge is 2.08. The molecule has 0 heterocycles. The average molecular weight is 345 g/mol. The summed E-state index contributed by atoms with van der Waals surface area (Å²) in [6, 6.07) is 11.8. The van der Waals surface area contributed by atoms with Crippen LogP contribution < -0.4 is 5.32 Å². The molecule has 0 aliphatic heterocycles. The van der Waals surface area contributed by atoms with Gasteiger partial charge in [-0.05, 0) is 35.9 Å². The Labute approximate surface area is 124 Å². The Balaban J connectivity index is 2.00. The molecular formula is C14H12BrClFNO. The Hall–Kier alpha value is -1.10. The summed E-state index contributed by atoms with van der Waals surface area (Å²) in [4.78, 5) is 0. The van der Waals surface area contributed by atoms with Gasteiger partial charge in [-0.15, -0.1) is 0 Å². The molecule has 0 aliphatic carbocycles. The van der Waals surface area contributed by atoms with E-state index in [0.29, 0.717) is 12.2 Å². The van der Waals surface area contributed by atoms with Crippen LogP contribution in [0.5, 0.6) is 0 Å². The monoisotopic (exact) mass is 343 g/mol. The van der Waals surface area contributed by atoms with Crippen LogP contribution in [0.4, 0.5) is 10.1 Å². The summed E-state index contributed by atoms with van der Waals surface area (Å²) >= 11 is 9.04. The molecule has 0 fully saturated rings. The predicted molar refractivity (Wildman–Crippen MR) is 79.0 cm³/mol. The third kappa shape index (κ3) is 3.93. The lowest BCUT2D eigenvalue weighted by molar-refractivity contribution is 0.191. The molecule has 0 saturated heterocycles. The van der Waals surface area contributed by atoms with Crippen LogP contribution in [0.3, 0.4) is 0 Å². The standard InChI is InChI=1S/C14H12BrClFNO/c15-10-3-1-2-9(6-10)14(19)8-18-11-4-5-13(17)12(16)7-11/h1-7,14,18-19H,8H2. The third-order valence-electron chi connectivity index (χ3n) is 2.65. The molecule has 0 spiro atoms.